The van der Waals surface area contributed by atoms with Crippen molar-refractivity contribution in [2.24, 2.45) is 0 Å². The van der Waals surface area contributed by atoms with Gasteiger partial charge >= 0.3 is 5.97 Å². The fraction of sp³-hybridized carbons (Fsp3) is 0.429. The first-order chi connectivity index (χ1) is 21.2. The van der Waals surface area contributed by atoms with Crippen LogP contribution >= 0.6 is 0 Å². The normalized spacial score (nSPS) is 20.8. The van der Waals surface area contributed by atoms with Crippen LogP contribution in [0.1, 0.15) is 53.9 Å². The lowest BCUT2D eigenvalue weighted by Crippen LogP contribution is -2.56. The largest absolute Gasteiger partial charge is 0.508 e. The van der Waals surface area contributed by atoms with Crippen LogP contribution < -0.4 is 0 Å². The Morgan fingerprint density at radius 2 is 1.61 bits per heavy atom. The van der Waals surface area contributed by atoms with Crippen LogP contribution in [0.2, 0.25) is 0 Å². The van der Waals surface area contributed by atoms with Crippen LogP contribution in [0.3, 0.4) is 0 Å². The molecule has 3 aromatic carbocycles. The first-order valence-corrected chi connectivity index (χ1v) is 15.5. The fourth-order valence-electron chi connectivity index (χ4n) is 6.47. The summed E-state index contributed by atoms with van der Waals surface area (Å²) in [5.74, 6) is -0.292. The summed E-state index contributed by atoms with van der Waals surface area (Å²) < 4.78 is 18.9. The van der Waals surface area contributed by atoms with E-state index in [0.29, 0.717) is 44.9 Å². The van der Waals surface area contributed by atoms with Gasteiger partial charge in [0.15, 0.2) is 0 Å². The molecule has 9 heteroatoms. The van der Waals surface area contributed by atoms with Crippen molar-refractivity contribution >= 4 is 11.9 Å². The highest BCUT2D eigenvalue weighted by atomic mass is 19.1. The number of nitrogens with zero attached hydrogens (tertiary/aromatic N) is 4. The molecule has 3 atom stereocenters. The first kappa shape index (κ1) is 31.6. The maximum Gasteiger partial charge on any atom is 0.320 e. The molecule has 3 aromatic rings. The molecular weight excluding hydrogens is 559 g/mol. The SMILES string of the molecule is CCOC(=O)CN1CCN(C(=O)c2cccc([C@H](c3cccc(O)c3)N3C[C@@H](C)N(Cc4cccc(F)c4)C[C@@H]3C)c2)CC1. The second kappa shape index (κ2) is 14.3. The molecule has 5 rings (SSSR count). The van der Waals surface area contributed by atoms with Gasteiger partial charge in [-0.05, 0) is 73.9 Å². The Morgan fingerprint density at radius 3 is 2.32 bits per heavy atom. The predicted octanol–water partition coefficient (Wildman–Crippen LogP) is 4.54. The Bertz CT molecular complexity index is 1440. The van der Waals surface area contributed by atoms with E-state index in [1.54, 1.807) is 31.2 Å². The van der Waals surface area contributed by atoms with Crippen molar-refractivity contribution in [3.63, 3.8) is 0 Å². The minimum absolute atomic E-state index is 0.0291. The van der Waals surface area contributed by atoms with Gasteiger partial charge in [-0.2, -0.15) is 0 Å². The molecule has 2 saturated heterocycles. The van der Waals surface area contributed by atoms with E-state index in [1.807, 2.05) is 46.2 Å². The van der Waals surface area contributed by atoms with Gasteiger partial charge < -0.3 is 14.7 Å². The van der Waals surface area contributed by atoms with E-state index in [0.717, 1.165) is 29.8 Å². The van der Waals surface area contributed by atoms with Crippen LogP contribution in [0.15, 0.2) is 72.8 Å². The van der Waals surface area contributed by atoms with E-state index in [9.17, 15) is 19.1 Å². The molecule has 44 heavy (non-hydrogen) atoms. The Labute approximate surface area is 259 Å². The molecule has 0 aliphatic carbocycles. The molecule has 0 radical (unpaired) electrons. The van der Waals surface area contributed by atoms with E-state index < -0.39 is 0 Å². The summed E-state index contributed by atoms with van der Waals surface area (Å²) in [6, 6.07) is 22.2. The Hall–Kier alpha value is -3.79. The lowest BCUT2D eigenvalue weighted by atomic mass is 9.92. The number of hydrogen-bond donors (Lipinski definition) is 1. The van der Waals surface area contributed by atoms with Gasteiger partial charge in [0, 0.05) is 63.5 Å². The highest BCUT2D eigenvalue weighted by Crippen LogP contribution is 2.35. The Kier molecular flexibility index (Phi) is 10.3. The number of carbonyl (C=O) groups excluding carboxylic acids is 2. The van der Waals surface area contributed by atoms with Crippen LogP contribution in [-0.4, -0.2) is 101 Å². The molecule has 2 heterocycles. The molecule has 0 unspecified atom stereocenters. The number of piperazine rings is 2. The second-order valence-corrected chi connectivity index (χ2v) is 12.0. The van der Waals surface area contributed by atoms with Crippen molar-refractivity contribution in [1.29, 1.82) is 0 Å². The van der Waals surface area contributed by atoms with Crippen LogP contribution in [0, 0.1) is 5.82 Å². The van der Waals surface area contributed by atoms with Crippen molar-refractivity contribution in [2.45, 2.75) is 45.4 Å². The Balaban J connectivity index is 1.35. The molecule has 1 N–H and O–H groups in total. The maximum absolute atomic E-state index is 13.9. The summed E-state index contributed by atoms with van der Waals surface area (Å²) in [5.41, 5.74) is 3.52. The standard InChI is InChI=1S/C35H43FN4O4/c1-4-44-33(42)24-37-14-16-38(17-15-37)35(43)30-11-6-9-28(19-30)34(29-10-7-13-32(41)20-29)40-22-25(2)39(21-26(40)3)23-27-8-5-12-31(36)18-27/h5-13,18-20,25-26,34,41H,4,14-17,21-24H2,1-3H3/t25-,26+,34-/m1/s1. The number of amides is 1. The van der Waals surface area contributed by atoms with Crippen molar-refractivity contribution in [3.8, 4) is 5.75 Å². The van der Waals surface area contributed by atoms with Gasteiger partial charge in [0.1, 0.15) is 11.6 Å². The zero-order chi connectivity index (χ0) is 31.2. The van der Waals surface area contributed by atoms with E-state index in [2.05, 4.69) is 29.7 Å². The minimum atomic E-state index is -0.240. The summed E-state index contributed by atoms with van der Waals surface area (Å²) in [6.45, 7) is 11.3. The average molecular weight is 603 g/mol. The molecule has 0 bridgehead atoms. The number of rotatable bonds is 9. The molecule has 234 valence electrons. The smallest absolute Gasteiger partial charge is 0.320 e. The quantitative estimate of drug-likeness (QED) is 0.361. The molecule has 0 saturated carbocycles. The highest BCUT2D eigenvalue weighted by molar-refractivity contribution is 5.94. The number of phenols is 1. The van der Waals surface area contributed by atoms with Crippen LogP contribution in [0.5, 0.6) is 5.75 Å². The van der Waals surface area contributed by atoms with Crippen LogP contribution in [0.4, 0.5) is 4.39 Å². The lowest BCUT2D eigenvalue weighted by Gasteiger charge is -2.47. The van der Waals surface area contributed by atoms with Crippen molar-refractivity contribution in [1.82, 2.24) is 19.6 Å². The van der Waals surface area contributed by atoms with Crippen molar-refractivity contribution in [2.75, 3.05) is 52.4 Å². The van der Waals surface area contributed by atoms with E-state index in [1.165, 1.54) is 6.07 Å². The molecule has 2 fully saturated rings. The van der Waals surface area contributed by atoms with Gasteiger partial charge in [0.2, 0.25) is 0 Å². The lowest BCUT2D eigenvalue weighted by molar-refractivity contribution is -0.144. The van der Waals surface area contributed by atoms with Gasteiger partial charge in [-0.3, -0.25) is 24.3 Å². The van der Waals surface area contributed by atoms with Gasteiger partial charge in [0.25, 0.3) is 5.91 Å². The number of aromatic hydroxyl groups is 1. The molecule has 1 amide bonds. The van der Waals surface area contributed by atoms with Crippen molar-refractivity contribution < 1.29 is 23.8 Å². The van der Waals surface area contributed by atoms with Gasteiger partial charge in [-0.25, -0.2) is 4.39 Å². The molecule has 8 nitrogen and oxygen atoms in total. The topological polar surface area (TPSA) is 76.6 Å². The number of carbonyl (C=O) groups is 2. The maximum atomic E-state index is 13.9. The molecule has 2 aliphatic rings. The summed E-state index contributed by atoms with van der Waals surface area (Å²) in [4.78, 5) is 34.2. The number of halogens is 1. The third-order valence-electron chi connectivity index (χ3n) is 8.72. The molecular formula is C35H43FN4O4. The van der Waals surface area contributed by atoms with E-state index in [4.69, 9.17) is 4.74 Å². The third-order valence-corrected chi connectivity index (χ3v) is 8.72. The molecule has 0 spiro atoms. The summed E-state index contributed by atoms with van der Waals surface area (Å²) in [5, 5.41) is 10.4. The summed E-state index contributed by atoms with van der Waals surface area (Å²) in [7, 11) is 0. The monoisotopic (exact) mass is 602 g/mol. The number of ether oxygens (including phenoxy) is 1. The van der Waals surface area contributed by atoms with Gasteiger partial charge in [-0.15, -0.1) is 0 Å². The summed E-state index contributed by atoms with van der Waals surface area (Å²) in [6.07, 6.45) is 0. The predicted molar refractivity (Wildman–Crippen MR) is 168 cm³/mol. The second-order valence-electron chi connectivity index (χ2n) is 12.0. The first-order valence-electron chi connectivity index (χ1n) is 15.5. The number of hydrogen-bond acceptors (Lipinski definition) is 7. The third kappa shape index (κ3) is 7.64. The van der Waals surface area contributed by atoms with Gasteiger partial charge in [-0.1, -0.05) is 36.4 Å². The van der Waals surface area contributed by atoms with E-state index >= 15 is 0 Å². The minimum Gasteiger partial charge on any atom is -0.508 e. The Morgan fingerprint density at radius 1 is 0.909 bits per heavy atom. The highest BCUT2D eigenvalue weighted by Gasteiger charge is 2.35. The fourth-order valence-corrected chi connectivity index (χ4v) is 6.47. The number of benzene rings is 3. The van der Waals surface area contributed by atoms with Crippen LogP contribution in [-0.2, 0) is 16.1 Å². The summed E-state index contributed by atoms with van der Waals surface area (Å²) >= 11 is 0. The molecule has 0 aromatic heterocycles. The zero-order valence-corrected chi connectivity index (χ0v) is 25.9. The van der Waals surface area contributed by atoms with Gasteiger partial charge in [0.05, 0.1) is 19.2 Å². The zero-order valence-electron chi connectivity index (χ0n) is 25.9. The number of esters is 1. The number of phenolic OH excluding ortho intramolecular Hbond substituents is 1. The average Bonchev–Trinajstić information content (AvgIpc) is 3.00. The molecule has 2 aliphatic heterocycles. The van der Waals surface area contributed by atoms with E-state index in [-0.39, 0.29) is 48.1 Å². The van der Waals surface area contributed by atoms with Crippen molar-refractivity contribution in [3.05, 3.63) is 101 Å². The van der Waals surface area contributed by atoms with Crippen LogP contribution in [0.25, 0.3) is 0 Å².